The van der Waals surface area contributed by atoms with Crippen LogP contribution in [0, 0.1) is 12.1 Å². The van der Waals surface area contributed by atoms with Gasteiger partial charge in [0, 0.05) is 72.3 Å². The molecule has 1 aliphatic heterocycles. The van der Waals surface area contributed by atoms with Gasteiger partial charge in [-0.15, -0.1) is 41.0 Å². The van der Waals surface area contributed by atoms with E-state index in [9.17, 15) is 0 Å². The molecule has 11 rings (SSSR count). The molecule has 0 saturated heterocycles. The summed E-state index contributed by atoms with van der Waals surface area (Å²) < 4.78 is 13.5. The van der Waals surface area contributed by atoms with Gasteiger partial charge in [0.15, 0.2) is 0 Å². The summed E-state index contributed by atoms with van der Waals surface area (Å²) in [6.07, 6.45) is 5.76. The molecular weight excluding hydrogens is 703 g/mol. The van der Waals surface area contributed by atoms with E-state index in [4.69, 9.17) is 14.7 Å². The zero-order chi connectivity index (χ0) is 31.0. The largest absolute Gasteiger partial charge is 2.00 e. The minimum absolute atomic E-state index is 0. The number of para-hydroxylation sites is 1. The van der Waals surface area contributed by atoms with Crippen LogP contribution in [-0.4, -0.2) is 18.9 Å². The maximum absolute atomic E-state index is 6.54. The van der Waals surface area contributed by atoms with E-state index in [2.05, 4.69) is 108 Å². The van der Waals surface area contributed by atoms with Gasteiger partial charge in [-0.05, 0) is 40.6 Å². The SMILES string of the molecule is CC1(C)c2cccnc2-n2c3[c-]c(Oc4[c-]c5c(cc4)c4cc6sc7ccccc7c6cc4n4ccnc54)ccc3c3cccc1c32.[Pd+2]. The fraction of sp³-hybridized carbons (Fsp3) is 0.0732. The van der Waals surface area contributed by atoms with Crippen molar-refractivity contribution >= 4 is 80.6 Å². The Hall–Kier alpha value is -5.06. The molecule has 1 aliphatic rings. The molecule has 7 heteroatoms. The molecule has 0 bridgehead atoms. The van der Waals surface area contributed by atoms with Crippen LogP contribution >= 0.6 is 11.3 Å². The normalized spacial score (nSPS) is 13.6. The van der Waals surface area contributed by atoms with Crippen molar-refractivity contribution in [3.63, 3.8) is 0 Å². The van der Waals surface area contributed by atoms with E-state index in [-0.39, 0.29) is 25.8 Å². The smallest absolute Gasteiger partial charge is 0.503 e. The molecular formula is C41H24N4OPdS. The number of thiophene rings is 1. The average Bonchev–Trinajstić information content (AvgIpc) is 3.81. The number of aromatic nitrogens is 4. The van der Waals surface area contributed by atoms with Crippen LogP contribution in [0.3, 0.4) is 0 Å². The number of benzene rings is 5. The topological polar surface area (TPSA) is 44.4 Å². The van der Waals surface area contributed by atoms with Gasteiger partial charge in [-0.1, -0.05) is 78.7 Å². The summed E-state index contributed by atoms with van der Waals surface area (Å²) in [5.74, 6) is 2.20. The van der Waals surface area contributed by atoms with Crippen LogP contribution in [0.5, 0.6) is 11.5 Å². The summed E-state index contributed by atoms with van der Waals surface area (Å²) in [5.41, 5.74) is 6.45. The molecule has 0 saturated carbocycles. The number of imidazole rings is 1. The zero-order valence-electron chi connectivity index (χ0n) is 25.8. The summed E-state index contributed by atoms with van der Waals surface area (Å²) >= 11 is 1.83. The van der Waals surface area contributed by atoms with E-state index < -0.39 is 0 Å². The van der Waals surface area contributed by atoms with Gasteiger partial charge in [0.25, 0.3) is 0 Å². The van der Waals surface area contributed by atoms with Crippen molar-refractivity contribution in [2.75, 3.05) is 0 Å². The van der Waals surface area contributed by atoms with E-state index in [0.717, 1.165) is 38.7 Å². The van der Waals surface area contributed by atoms with Crippen molar-refractivity contribution in [2.24, 2.45) is 0 Å². The molecule has 0 spiro atoms. The number of rotatable bonds is 2. The molecule has 230 valence electrons. The molecule has 0 amide bonds. The van der Waals surface area contributed by atoms with Crippen LogP contribution in [0.25, 0.3) is 75.1 Å². The van der Waals surface area contributed by atoms with Crippen molar-refractivity contribution < 1.29 is 25.2 Å². The van der Waals surface area contributed by atoms with Gasteiger partial charge in [-0.2, -0.15) is 6.07 Å². The second-order valence-electron chi connectivity index (χ2n) is 12.9. The molecule has 48 heavy (non-hydrogen) atoms. The van der Waals surface area contributed by atoms with E-state index in [1.165, 1.54) is 47.6 Å². The minimum atomic E-state index is -0.169. The summed E-state index contributed by atoms with van der Waals surface area (Å²) in [5, 5.41) is 8.08. The average molecular weight is 727 g/mol. The van der Waals surface area contributed by atoms with Crippen molar-refractivity contribution in [2.45, 2.75) is 19.3 Å². The number of fused-ring (bicyclic) bond motifs is 14. The third-order valence-electron chi connectivity index (χ3n) is 10.1. The number of hydrogen-bond acceptors (Lipinski definition) is 4. The Labute approximate surface area is 292 Å². The molecule has 10 aromatic rings. The fourth-order valence-corrected chi connectivity index (χ4v) is 8.99. The summed E-state index contributed by atoms with van der Waals surface area (Å²) in [4.78, 5) is 9.65. The van der Waals surface area contributed by atoms with Crippen LogP contribution in [0.2, 0.25) is 0 Å². The van der Waals surface area contributed by atoms with E-state index >= 15 is 0 Å². The molecule has 0 atom stereocenters. The Morgan fingerprint density at radius 2 is 1.50 bits per heavy atom. The summed E-state index contributed by atoms with van der Waals surface area (Å²) in [6.45, 7) is 4.56. The number of ether oxygens (including phenoxy) is 1. The molecule has 0 N–H and O–H groups in total. The van der Waals surface area contributed by atoms with Crippen molar-refractivity contribution in [3.8, 4) is 17.3 Å². The Kier molecular flexibility index (Phi) is 5.68. The van der Waals surface area contributed by atoms with Crippen LogP contribution in [0.1, 0.15) is 25.0 Å². The minimum Gasteiger partial charge on any atom is -0.503 e. The third kappa shape index (κ3) is 3.59. The first-order valence-corrected chi connectivity index (χ1v) is 16.6. The first kappa shape index (κ1) is 28.0. The second kappa shape index (κ2) is 9.74. The first-order chi connectivity index (χ1) is 23.0. The van der Waals surface area contributed by atoms with Gasteiger partial charge < -0.3 is 13.7 Å². The second-order valence-corrected chi connectivity index (χ2v) is 14.0. The van der Waals surface area contributed by atoms with E-state index in [0.29, 0.717) is 11.5 Å². The maximum atomic E-state index is 6.54. The number of nitrogens with zero attached hydrogens (tertiary/aromatic N) is 4. The number of pyridine rings is 2. The van der Waals surface area contributed by atoms with E-state index in [1.807, 2.05) is 48.1 Å². The number of hydrogen-bond donors (Lipinski definition) is 0. The Morgan fingerprint density at radius 1 is 0.688 bits per heavy atom. The zero-order valence-corrected chi connectivity index (χ0v) is 28.2. The first-order valence-electron chi connectivity index (χ1n) is 15.7. The Bertz CT molecular complexity index is 2990. The van der Waals surface area contributed by atoms with Gasteiger partial charge in [-0.3, -0.25) is 4.98 Å². The van der Waals surface area contributed by atoms with E-state index in [1.54, 1.807) is 0 Å². The van der Waals surface area contributed by atoms with Crippen molar-refractivity contribution in [3.05, 3.63) is 133 Å². The summed E-state index contributed by atoms with van der Waals surface area (Å²) in [6, 6.07) is 39.5. The van der Waals surface area contributed by atoms with Gasteiger partial charge in [0.2, 0.25) is 0 Å². The van der Waals surface area contributed by atoms with Gasteiger partial charge >= 0.3 is 20.4 Å². The molecule has 0 aliphatic carbocycles. The standard InChI is InChI=1S/C41H24N4OS.Pd/c1-41(2)32-9-5-8-28-26-15-13-24(20-35(26)45(38(28)32)40-33(41)10-6-16-42-40)46-23-12-14-25-29-22-37-30(27-7-3-4-11-36(27)47-37)21-34(29)44-18-17-43-39(44)31(25)19-23;/h3-18,21-22H,1-2H3;/q-2;+2. The third-order valence-corrected chi connectivity index (χ3v) is 11.2. The molecule has 6 heterocycles. The fourth-order valence-electron chi connectivity index (χ4n) is 7.87. The molecule has 5 aromatic carbocycles. The molecule has 5 aromatic heterocycles. The maximum Gasteiger partial charge on any atom is 2.00 e. The monoisotopic (exact) mass is 726 g/mol. The van der Waals surface area contributed by atoms with Crippen LogP contribution < -0.4 is 4.74 Å². The predicted octanol–water partition coefficient (Wildman–Crippen LogP) is 10.5. The Morgan fingerprint density at radius 3 is 2.42 bits per heavy atom. The Balaban J connectivity index is 0.00000295. The van der Waals surface area contributed by atoms with Crippen LogP contribution in [0.15, 0.2) is 110 Å². The molecule has 0 radical (unpaired) electrons. The van der Waals surface area contributed by atoms with Crippen LogP contribution in [-0.2, 0) is 25.8 Å². The molecule has 5 nitrogen and oxygen atoms in total. The van der Waals surface area contributed by atoms with Crippen molar-refractivity contribution in [1.29, 1.82) is 0 Å². The molecule has 0 fully saturated rings. The van der Waals surface area contributed by atoms with Crippen molar-refractivity contribution in [1.82, 2.24) is 18.9 Å². The summed E-state index contributed by atoms with van der Waals surface area (Å²) in [7, 11) is 0. The molecule has 0 unspecified atom stereocenters. The van der Waals surface area contributed by atoms with Crippen LogP contribution in [0.4, 0.5) is 0 Å². The van der Waals surface area contributed by atoms with Gasteiger partial charge in [-0.25, -0.2) is 4.98 Å². The predicted molar refractivity (Wildman–Crippen MR) is 192 cm³/mol. The van der Waals surface area contributed by atoms with Gasteiger partial charge in [0.1, 0.15) is 5.82 Å². The van der Waals surface area contributed by atoms with Gasteiger partial charge in [0.05, 0.1) is 5.65 Å². The quantitative estimate of drug-likeness (QED) is 0.101.